The third-order valence-electron chi connectivity index (χ3n) is 4.98. The summed E-state index contributed by atoms with van der Waals surface area (Å²) < 4.78 is 10.6. The Morgan fingerprint density at radius 3 is 2.06 bits per heavy atom. The van der Waals surface area contributed by atoms with E-state index in [1.54, 1.807) is 20.8 Å². The van der Waals surface area contributed by atoms with E-state index in [1.165, 1.54) is 0 Å². The molecule has 2 aromatic carbocycles. The van der Waals surface area contributed by atoms with E-state index in [9.17, 15) is 14.4 Å². The van der Waals surface area contributed by atoms with Gasteiger partial charge in [-0.2, -0.15) is 0 Å². The Kier molecular flexibility index (Phi) is 7.02. The summed E-state index contributed by atoms with van der Waals surface area (Å²) in [5, 5.41) is 14.1. The largest absolute Gasteiger partial charge is 0.481 e. The molecule has 2 amide bonds. The first-order valence-corrected chi connectivity index (χ1v) is 10.4. The van der Waals surface area contributed by atoms with Crippen LogP contribution in [-0.4, -0.2) is 48.1 Å². The zero-order chi connectivity index (χ0) is 23.3. The highest BCUT2D eigenvalue weighted by atomic mass is 16.6. The van der Waals surface area contributed by atoms with Crippen molar-refractivity contribution >= 4 is 18.2 Å². The van der Waals surface area contributed by atoms with Gasteiger partial charge in [-0.15, -0.1) is 0 Å². The normalized spacial score (nSPS) is 13.5. The quantitative estimate of drug-likeness (QED) is 0.602. The summed E-state index contributed by atoms with van der Waals surface area (Å²) in [7, 11) is 0. The standard InChI is InChI=1S/C24H28N2O6/c1-24(2,3)32-22(29)25-13-15(12-21(27)28)26-23(30)31-14-20-18-10-6-4-8-16(18)17-9-5-7-11-19(17)20/h4-11,15,20H,12-14H2,1-3H3,(H,25,29)(H,26,30)(H,27,28). The molecule has 170 valence electrons. The number of carboxylic acids is 1. The van der Waals surface area contributed by atoms with E-state index in [1.807, 2.05) is 48.5 Å². The van der Waals surface area contributed by atoms with Crippen LogP contribution >= 0.6 is 0 Å². The van der Waals surface area contributed by atoms with Crippen LogP contribution in [0.15, 0.2) is 48.5 Å². The van der Waals surface area contributed by atoms with Crippen molar-refractivity contribution in [2.45, 2.75) is 44.8 Å². The van der Waals surface area contributed by atoms with Gasteiger partial charge in [0.25, 0.3) is 0 Å². The Bertz CT molecular complexity index is 952. The van der Waals surface area contributed by atoms with Crippen molar-refractivity contribution in [1.82, 2.24) is 10.6 Å². The van der Waals surface area contributed by atoms with Crippen molar-refractivity contribution < 1.29 is 29.0 Å². The molecule has 3 rings (SSSR count). The van der Waals surface area contributed by atoms with Gasteiger partial charge in [0.2, 0.25) is 0 Å². The predicted molar refractivity (Wildman–Crippen MR) is 118 cm³/mol. The number of carbonyl (C=O) groups excluding carboxylic acids is 2. The number of hydrogen-bond acceptors (Lipinski definition) is 5. The van der Waals surface area contributed by atoms with Gasteiger partial charge in [-0.1, -0.05) is 48.5 Å². The lowest BCUT2D eigenvalue weighted by Gasteiger charge is -2.22. The van der Waals surface area contributed by atoms with Gasteiger partial charge < -0.3 is 25.2 Å². The second-order valence-corrected chi connectivity index (χ2v) is 8.65. The van der Waals surface area contributed by atoms with Crippen molar-refractivity contribution in [1.29, 1.82) is 0 Å². The van der Waals surface area contributed by atoms with E-state index >= 15 is 0 Å². The van der Waals surface area contributed by atoms with Crippen LogP contribution < -0.4 is 10.6 Å². The molecule has 0 saturated carbocycles. The van der Waals surface area contributed by atoms with Gasteiger partial charge >= 0.3 is 18.2 Å². The van der Waals surface area contributed by atoms with E-state index in [-0.39, 0.29) is 25.5 Å². The third kappa shape index (κ3) is 6.00. The van der Waals surface area contributed by atoms with Crippen LogP contribution in [0.1, 0.15) is 44.2 Å². The van der Waals surface area contributed by atoms with Crippen molar-refractivity contribution in [2.75, 3.05) is 13.2 Å². The fourth-order valence-corrected chi connectivity index (χ4v) is 3.71. The number of ether oxygens (including phenoxy) is 2. The highest BCUT2D eigenvalue weighted by molar-refractivity contribution is 5.79. The number of carboxylic acid groups (broad SMARTS) is 1. The molecule has 1 unspecified atom stereocenters. The van der Waals surface area contributed by atoms with Crippen LogP contribution in [0.25, 0.3) is 11.1 Å². The lowest BCUT2D eigenvalue weighted by molar-refractivity contribution is -0.137. The Labute approximate surface area is 186 Å². The molecular weight excluding hydrogens is 412 g/mol. The summed E-state index contributed by atoms with van der Waals surface area (Å²) in [6.45, 7) is 5.16. The minimum Gasteiger partial charge on any atom is -0.481 e. The van der Waals surface area contributed by atoms with E-state index < -0.39 is 29.8 Å². The summed E-state index contributed by atoms with van der Waals surface area (Å²) >= 11 is 0. The van der Waals surface area contributed by atoms with Crippen molar-refractivity contribution in [3.05, 3.63) is 59.7 Å². The lowest BCUT2D eigenvalue weighted by atomic mass is 9.98. The maximum absolute atomic E-state index is 12.4. The van der Waals surface area contributed by atoms with E-state index in [4.69, 9.17) is 14.6 Å². The maximum Gasteiger partial charge on any atom is 0.407 e. The van der Waals surface area contributed by atoms with Gasteiger partial charge in [0.05, 0.1) is 12.5 Å². The molecule has 3 N–H and O–H groups in total. The number of hydrogen-bond donors (Lipinski definition) is 3. The highest BCUT2D eigenvalue weighted by Gasteiger charge is 2.29. The minimum atomic E-state index is -1.11. The Morgan fingerprint density at radius 2 is 1.53 bits per heavy atom. The van der Waals surface area contributed by atoms with Crippen LogP contribution in [0, 0.1) is 0 Å². The molecule has 32 heavy (non-hydrogen) atoms. The molecule has 0 saturated heterocycles. The second kappa shape index (κ2) is 9.72. The average molecular weight is 440 g/mol. The zero-order valence-corrected chi connectivity index (χ0v) is 18.4. The van der Waals surface area contributed by atoms with Gasteiger partial charge in [0.1, 0.15) is 12.2 Å². The topological polar surface area (TPSA) is 114 Å². The Morgan fingerprint density at radius 1 is 0.969 bits per heavy atom. The summed E-state index contributed by atoms with van der Waals surface area (Å²) in [5.74, 6) is -1.22. The molecule has 0 heterocycles. The van der Waals surface area contributed by atoms with Crippen molar-refractivity contribution in [3.63, 3.8) is 0 Å². The van der Waals surface area contributed by atoms with Gasteiger partial charge in [-0.05, 0) is 43.0 Å². The highest BCUT2D eigenvalue weighted by Crippen LogP contribution is 2.44. The van der Waals surface area contributed by atoms with E-state index in [2.05, 4.69) is 10.6 Å². The molecule has 0 aliphatic heterocycles. The monoisotopic (exact) mass is 440 g/mol. The van der Waals surface area contributed by atoms with E-state index in [0.29, 0.717) is 0 Å². The number of fused-ring (bicyclic) bond motifs is 3. The molecule has 0 radical (unpaired) electrons. The molecule has 0 spiro atoms. The number of nitrogens with one attached hydrogen (secondary N) is 2. The van der Waals surface area contributed by atoms with Crippen LogP contribution in [0.2, 0.25) is 0 Å². The molecule has 0 fully saturated rings. The second-order valence-electron chi connectivity index (χ2n) is 8.65. The third-order valence-corrected chi connectivity index (χ3v) is 4.98. The number of carbonyl (C=O) groups is 3. The van der Waals surface area contributed by atoms with Gasteiger partial charge in [-0.25, -0.2) is 9.59 Å². The number of alkyl carbamates (subject to hydrolysis) is 2. The first-order chi connectivity index (χ1) is 15.1. The zero-order valence-electron chi connectivity index (χ0n) is 18.4. The van der Waals surface area contributed by atoms with Crippen LogP contribution in [0.4, 0.5) is 9.59 Å². The van der Waals surface area contributed by atoms with Crippen molar-refractivity contribution in [3.8, 4) is 11.1 Å². The molecule has 1 aliphatic carbocycles. The SMILES string of the molecule is CC(C)(C)OC(=O)NCC(CC(=O)O)NC(=O)OCC1c2ccccc2-c2ccccc21. The number of amides is 2. The van der Waals surface area contributed by atoms with Gasteiger partial charge in [0.15, 0.2) is 0 Å². The summed E-state index contributed by atoms with van der Waals surface area (Å²) in [4.78, 5) is 35.4. The molecule has 2 aromatic rings. The number of rotatable bonds is 7. The van der Waals surface area contributed by atoms with Crippen LogP contribution in [0.3, 0.4) is 0 Å². The van der Waals surface area contributed by atoms with Crippen LogP contribution in [0.5, 0.6) is 0 Å². The summed E-state index contributed by atoms with van der Waals surface area (Å²) in [6, 6.07) is 15.1. The minimum absolute atomic E-state index is 0.106. The summed E-state index contributed by atoms with van der Waals surface area (Å²) in [6.07, 6.45) is -1.81. The molecule has 0 aromatic heterocycles. The molecule has 8 heteroatoms. The molecule has 1 aliphatic rings. The summed E-state index contributed by atoms with van der Waals surface area (Å²) in [5.41, 5.74) is 3.70. The Hall–Kier alpha value is -3.55. The number of aliphatic carboxylic acids is 1. The van der Waals surface area contributed by atoms with Gasteiger partial charge in [-0.3, -0.25) is 4.79 Å². The number of benzene rings is 2. The van der Waals surface area contributed by atoms with Crippen molar-refractivity contribution in [2.24, 2.45) is 0 Å². The fraction of sp³-hybridized carbons (Fsp3) is 0.375. The predicted octanol–water partition coefficient (Wildman–Crippen LogP) is 3.89. The first-order valence-electron chi connectivity index (χ1n) is 10.4. The molecule has 1 atom stereocenters. The van der Waals surface area contributed by atoms with E-state index in [0.717, 1.165) is 22.3 Å². The van der Waals surface area contributed by atoms with Gasteiger partial charge in [0, 0.05) is 12.5 Å². The van der Waals surface area contributed by atoms with Crippen LogP contribution in [-0.2, 0) is 14.3 Å². The lowest BCUT2D eigenvalue weighted by Crippen LogP contribution is -2.46. The molecule has 8 nitrogen and oxygen atoms in total. The fourth-order valence-electron chi connectivity index (χ4n) is 3.71. The Balaban J connectivity index is 1.59. The first kappa shape index (κ1) is 23.1. The molecule has 0 bridgehead atoms. The maximum atomic E-state index is 12.4. The molecular formula is C24H28N2O6. The smallest absolute Gasteiger partial charge is 0.407 e. The average Bonchev–Trinajstić information content (AvgIpc) is 3.03.